The van der Waals surface area contributed by atoms with Crippen molar-refractivity contribution in [3.05, 3.63) is 47.2 Å². The second-order valence-corrected chi connectivity index (χ2v) is 7.30. The number of methoxy groups -OCH3 is 1. The topological polar surface area (TPSA) is 89.5 Å². The summed E-state index contributed by atoms with van der Waals surface area (Å²) in [5.74, 6) is 0.534. The standard InChI is InChI=1S/C19H21N5O3S/c1-26-10-8-20-17(25)16-15(13-4-2-5-21-18(13)28-16)14-12-24(9-11-27-14)19-22-6-3-7-23-19/h2-7,14H,8-12H2,1H3,(H,20,25)/t14-/m0/s1. The number of nitrogens with one attached hydrogen (secondary N) is 1. The van der Waals surface area contributed by atoms with Gasteiger partial charge in [0.1, 0.15) is 15.8 Å². The number of amides is 1. The normalized spacial score (nSPS) is 17.0. The Labute approximate surface area is 166 Å². The van der Waals surface area contributed by atoms with Crippen LogP contribution < -0.4 is 10.2 Å². The Morgan fingerprint density at radius 3 is 2.96 bits per heavy atom. The highest BCUT2D eigenvalue weighted by Gasteiger charge is 2.30. The predicted molar refractivity (Wildman–Crippen MR) is 107 cm³/mol. The first-order valence-corrected chi connectivity index (χ1v) is 9.87. The van der Waals surface area contributed by atoms with Crippen LogP contribution in [0.15, 0.2) is 36.8 Å². The lowest BCUT2D eigenvalue weighted by Gasteiger charge is -2.33. The van der Waals surface area contributed by atoms with Crippen molar-refractivity contribution in [3.8, 4) is 0 Å². The molecule has 0 spiro atoms. The number of hydrogen-bond acceptors (Lipinski definition) is 8. The van der Waals surface area contributed by atoms with Crippen LogP contribution in [0.2, 0.25) is 0 Å². The number of carbonyl (C=O) groups excluding carboxylic acids is 1. The fourth-order valence-corrected chi connectivity index (χ4v) is 4.36. The first-order valence-electron chi connectivity index (χ1n) is 9.06. The molecule has 0 radical (unpaired) electrons. The van der Waals surface area contributed by atoms with E-state index in [2.05, 4.69) is 25.2 Å². The molecule has 8 nitrogen and oxygen atoms in total. The molecule has 9 heteroatoms. The second-order valence-electron chi connectivity index (χ2n) is 6.30. The molecular formula is C19H21N5O3S. The van der Waals surface area contributed by atoms with Crippen molar-refractivity contribution < 1.29 is 14.3 Å². The molecule has 28 heavy (non-hydrogen) atoms. The van der Waals surface area contributed by atoms with Crippen molar-refractivity contribution in [3.63, 3.8) is 0 Å². The molecule has 1 atom stereocenters. The van der Waals surface area contributed by atoms with Crippen molar-refractivity contribution in [1.82, 2.24) is 20.3 Å². The van der Waals surface area contributed by atoms with Crippen LogP contribution in [0.25, 0.3) is 10.2 Å². The summed E-state index contributed by atoms with van der Waals surface area (Å²) in [6, 6.07) is 5.66. The summed E-state index contributed by atoms with van der Waals surface area (Å²) in [4.78, 5) is 29.5. The molecule has 1 aliphatic rings. The van der Waals surface area contributed by atoms with Gasteiger partial charge in [0.2, 0.25) is 5.95 Å². The fraction of sp³-hybridized carbons (Fsp3) is 0.368. The first kappa shape index (κ1) is 18.7. The second kappa shape index (κ2) is 8.59. The number of rotatable bonds is 6. The van der Waals surface area contributed by atoms with Gasteiger partial charge in [-0.2, -0.15) is 0 Å². The minimum atomic E-state index is -0.265. The van der Waals surface area contributed by atoms with Crippen molar-refractivity contribution in [1.29, 1.82) is 0 Å². The van der Waals surface area contributed by atoms with E-state index < -0.39 is 0 Å². The van der Waals surface area contributed by atoms with Gasteiger partial charge in [-0.05, 0) is 12.1 Å². The molecule has 1 fully saturated rings. The van der Waals surface area contributed by atoms with Gasteiger partial charge in [-0.1, -0.05) is 6.07 Å². The molecule has 146 valence electrons. The maximum Gasteiger partial charge on any atom is 0.261 e. The average Bonchev–Trinajstić information content (AvgIpc) is 3.14. The first-order chi connectivity index (χ1) is 13.8. The van der Waals surface area contributed by atoms with Gasteiger partial charge in [-0.25, -0.2) is 15.0 Å². The summed E-state index contributed by atoms with van der Waals surface area (Å²) in [6.45, 7) is 2.72. The van der Waals surface area contributed by atoms with Crippen LogP contribution in [-0.4, -0.2) is 60.8 Å². The van der Waals surface area contributed by atoms with Crippen LogP contribution in [0.1, 0.15) is 21.3 Å². The molecule has 3 aromatic rings. The summed E-state index contributed by atoms with van der Waals surface area (Å²) in [5.41, 5.74) is 0.878. The Balaban J connectivity index is 1.66. The van der Waals surface area contributed by atoms with Crippen molar-refractivity contribution in [2.75, 3.05) is 44.9 Å². The van der Waals surface area contributed by atoms with Gasteiger partial charge in [-0.3, -0.25) is 4.79 Å². The molecule has 0 aliphatic carbocycles. The van der Waals surface area contributed by atoms with Crippen molar-refractivity contribution >= 4 is 33.4 Å². The molecule has 0 aromatic carbocycles. The van der Waals surface area contributed by atoms with E-state index in [0.717, 1.165) is 15.8 Å². The molecule has 1 N–H and O–H groups in total. The zero-order chi connectivity index (χ0) is 19.3. The minimum Gasteiger partial charge on any atom is -0.383 e. The molecule has 1 amide bonds. The Morgan fingerprint density at radius 2 is 2.14 bits per heavy atom. The fourth-order valence-electron chi connectivity index (χ4n) is 3.25. The molecule has 4 rings (SSSR count). The number of carbonyl (C=O) groups is 1. The molecule has 0 bridgehead atoms. The number of pyridine rings is 1. The predicted octanol–water partition coefficient (Wildman–Crippen LogP) is 2.04. The molecule has 1 aliphatic heterocycles. The SMILES string of the molecule is COCCNC(=O)c1sc2ncccc2c1[C@@H]1CN(c2ncccn2)CCO1. The van der Waals surface area contributed by atoms with Gasteiger partial charge in [-0.15, -0.1) is 11.3 Å². The van der Waals surface area contributed by atoms with E-state index in [0.29, 0.717) is 43.7 Å². The van der Waals surface area contributed by atoms with E-state index in [-0.39, 0.29) is 12.0 Å². The minimum absolute atomic E-state index is 0.133. The number of aromatic nitrogens is 3. The Hall–Kier alpha value is -2.62. The smallest absolute Gasteiger partial charge is 0.261 e. The van der Waals surface area contributed by atoms with Gasteiger partial charge in [0.05, 0.1) is 19.8 Å². The van der Waals surface area contributed by atoms with Crippen LogP contribution in [-0.2, 0) is 9.47 Å². The van der Waals surface area contributed by atoms with E-state index in [1.807, 2.05) is 12.1 Å². The Kier molecular flexibility index (Phi) is 5.75. The monoisotopic (exact) mass is 399 g/mol. The van der Waals surface area contributed by atoms with E-state index in [1.54, 1.807) is 31.8 Å². The third-order valence-corrected chi connectivity index (χ3v) is 5.65. The molecule has 3 aromatic heterocycles. The Morgan fingerprint density at radius 1 is 1.32 bits per heavy atom. The van der Waals surface area contributed by atoms with Gasteiger partial charge < -0.3 is 19.7 Å². The molecular weight excluding hydrogens is 378 g/mol. The lowest BCUT2D eigenvalue weighted by Crippen LogP contribution is -2.40. The average molecular weight is 399 g/mol. The van der Waals surface area contributed by atoms with E-state index in [9.17, 15) is 4.79 Å². The molecule has 1 saturated heterocycles. The number of morpholine rings is 1. The number of fused-ring (bicyclic) bond motifs is 1. The highest BCUT2D eigenvalue weighted by atomic mass is 32.1. The third-order valence-electron chi connectivity index (χ3n) is 4.53. The Bertz CT molecular complexity index is 949. The van der Waals surface area contributed by atoms with E-state index in [1.165, 1.54) is 11.3 Å². The maximum atomic E-state index is 12.8. The van der Waals surface area contributed by atoms with Crippen molar-refractivity contribution in [2.24, 2.45) is 0 Å². The van der Waals surface area contributed by atoms with Crippen LogP contribution in [0.5, 0.6) is 0 Å². The van der Waals surface area contributed by atoms with Crippen LogP contribution in [0.4, 0.5) is 5.95 Å². The van der Waals surface area contributed by atoms with E-state index in [4.69, 9.17) is 9.47 Å². The summed E-state index contributed by atoms with van der Waals surface area (Å²) < 4.78 is 11.1. The summed E-state index contributed by atoms with van der Waals surface area (Å²) in [7, 11) is 1.61. The summed E-state index contributed by atoms with van der Waals surface area (Å²) in [5, 5.41) is 3.86. The lowest BCUT2D eigenvalue weighted by molar-refractivity contribution is 0.0396. The molecule has 0 saturated carbocycles. The number of thiophene rings is 1. The zero-order valence-electron chi connectivity index (χ0n) is 15.5. The van der Waals surface area contributed by atoms with Gasteiger partial charge in [0.15, 0.2) is 0 Å². The summed E-state index contributed by atoms with van der Waals surface area (Å²) >= 11 is 1.39. The van der Waals surface area contributed by atoms with Crippen LogP contribution >= 0.6 is 11.3 Å². The third kappa shape index (κ3) is 3.82. The number of hydrogen-bond donors (Lipinski definition) is 1. The number of anilines is 1. The zero-order valence-corrected chi connectivity index (χ0v) is 16.3. The molecule has 0 unspecified atom stereocenters. The van der Waals surface area contributed by atoms with Gasteiger partial charge in [0.25, 0.3) is 5.91 Å². The quantitative estimate of drug-likeness (QED) is 0.635. The summed E-state index contributed by atoms with van der Waals surface area (Å²) in [6.07, 6.45) is 4.93. The maximum absolute atomic E-state index is 12.8. The molecule has 4 heterocycles. The van der Waals surface area contributed by atoms with Crippen LogP contribution in [0, 0.1) is 0 Å². The van der Waals surface area contributed by atoms with Gasteiger partial charge in [0, 0.05) is 49.7 Å². The lowest BCUT2D eigenvalue weighted by atomic mass is 10.0. The highest BCUT2D eigenvalue weighted by Crippen LogP contribution is 2.37. The number of ether oxygens (including phenoxy) is 2. The van der Waals surface area contributed by atoms with Crippen molar-refractivity contribution in [2.45, 2.75) is 6.10 Å². The van der Waals surface area contributed by atoms with Crippen LogP contribution in [0.3, 0.4) is 0 Å². The number of nitrogens with zero attached hydrogens (tertiary/aromatic N) is 4. The largest absolute Gasteiger partial charge is 0.383 e. The highest BCUT2D eigenvalue weighted by molar-refractivity contribution is 7.20. The van der Waals surface area contributed by atoms with Gasteiger partial charge >= 0.3 is 0 Å². The van der Waals surface area contributed by atoms with E-state index >= 15 is 0 Å².